The zero-order valence-electron chi connectivity index (χ0n) is 18.0. The van der Waals surface area contributed by atoms with E-state index in [-0.39, 0.29) is 11.0 Å². The molecule has 3 heterocycles. The number of hydrogen-bond acceptors (Lipinski definition) is 6. The van der Waals surface area contributed by atoms with Crippen molar-refractivity contribution in [2.45, 2.75) is 50.9 Å². The number of hydrogen-bond donors (Lipinski definition) is 1. The first-order valence-corrected chi connectivity index (χ1v) is 12.4. The van der Waals surface area contributed by atoms with Gasteiger partial charge < -0.3 is 5.73 Å². The Morgan fingerprint density at radius 1 is 1.12 bits per heavy atom. The highest BCUT2D eigenvalue weighted by Gasteiger charge is 2.53. The summed E-state index contributed by atoms with van der Waals surface area (Å²) in [4.78, 5) is 22.6. The standard InChI is InChI=1S/C25H25N5OS/c1-13-18(17-4-2-3-5-20(17)27-13)9-19-21(26)30-24(28-22(19)31)32-23(29-30)25-10-14-6-15(11-25)8-16(7-14)12-25/h2-5,9,14-16H,6-8,10-12,26H2,1H3. The summed E-state index contributed by atoms with van der Waals surface area (Å²) in [5, 5.41) is 6.12. The average Bonchev–Trinajstić information content (AvgIpc) is 3.31. The quantitative estimate of drug-likeness (QED) is 0.614. The van der Waals surface area contributed by atoms with Crippen LogP contribution in [0.2, 0.25) is 0 Å². The molecule has 5 aliphatic rings. The van der Waals surface area contributed by atoms with Crippen LogP contribution < -0.4 is 11.3 Å². The fraction of sp³-hybridized carbons (Fsp3) is 0.440. The van der Waals surface area contributed by atoms with Crippen LogP contribution in [-0.4, -0.2) is 20.3 Å². The van der Waals surface area contributed by atoms with Gasteiger partial charge in [0.2, 0.25) is 4.96 Å². The van der Waals surface area contributed by atoms with Crippen LogP contribution in [0.15, 0.2) is 34.1 Å². The molecule has 32 heavy (non-hydrogen) atoms. The van der Waals surface area contributed by atoms with E-state index >= 15 is 0 Å². The van der Waals surface area contributed by atoms with Crippen molar-refractivity contribution in [3.8, 4) is 0 Å². The topological polar surface area (TPSA) is 85.6 Å². The van der Waals surface area contributed by atoms with Gasteiger partial charge in [-0.25, -0.2) is 0 Å². The van der Waals surface area contributed by atoms with Crippen LogP contribution in [0.5, 0.6) is 0 Å². The van der Waals surface area contributed by atoms with Gasteiger partial charge in [-0.05, 0) is 75.3 Å². The molecule has 2 aromatic heterocycles. The molecule has 4 fully saturated rings. The molecule has 4 aliphatic carbocycles. The number of anilines is 1. The molecule has 162 valence electrons. The van der Waals surface area contributed by atoms with E-state index in [1.807, 2.05) is 37.3 Å². The molecule has 0 amide bonds. The molecule has 0 atom stereocenters. The van der Waals surface area contributed by atoms with Gasteiger partial charge in [0.25, 0.3) is 5.56 Å². The Hall–Kier alpha value is -2.80. The molecule has 1 aromatic carbocycles. The summed E-state index contributed by atoms with van der Waals surface area (Å²) in [6.07, 6.45) is 9.70. The molecular weight excluding hydrogens is 418 g/mol. The summed E-state index contributed by atoms with van der Waals surface area (Å²) >= 11 is 1.57. The molecule has 0 unspecified atom stereocenters. The largest absolute Gasteiger partial charge is 0.383 e. The second kappa shape index (κ2) is 6.38. The lowest BCUT2D eigenvalue weighted by Crippen LogP contribution is -2.48. The third-order valence-electron chi connectivity index (χ3n) is 8.14. The molecule has 2 N–H and O–H groups in total. The predicted molar refractivity (Wildman–Crippen MR) is 128 cm³/mol. The van der Waals surface area contributed by atoms with Crippen molar-refractivity contribution in [1.29, 1.82) is 0 Å². The summed E-state index contributed by atoms with van der Waals surface area (Å²) in [6.45, 7) is 1.96. The molecule has 4 saturated carbocycles. The Bertz CT molecular complexity index is 1380. The van der Waals surface area contributed by atoms with Crippen LogP contribution in [0, 0.1) is 17.8 Å². The number of fused-ring (bicyclic) bond motifs is 2. The number of nitrogen functional groups attached to an aromatic ring is 1. The second-order valence-corrected chi connectivity index (χ2v) is 11.2. The van der Waals surface area contributed by atoms with E-state index in [1.54, 1.807) is 15.9 Å². The van der Waals surface area contributed by atoms with Gasteiger partial charge in [0.05, 0.1) is 11.3 Å². The Morgan fingerprint density at radius 2 is 1.81 bits per heavy atom. The Balaban J connectivity index is 1.35. The van der Waals surface area contributed by atoms with E-state index in [1.165, 1.54) is 38.5 Å². The van der Waals surface area contributed by atoms with Crippen molar-refractivity contribution in [2.75, 3.05) is 5.73 Å². The molecule has 4 bridgehead atoms. The molecule has 0 radical (unpaired) electrons. The summed E-state index contributed by atoms with van der Waals surface area (Å²) in [7, 11) is 0. The molecule has 0 saturated heterocycles. The van der Waals surface area contributed by atoms with Crippen LogP contribution in [0.3, 0.4) is 0 Å². The SMILES string of the molecule is CC1=Nc2ccccc2C1=Cc1c(N)n2nc(C34CC5CC(CC(C5)C3)C4)sc2nc1=O. The molecule has 3 aromatic rings. The van der Waals surface area contributed by atoms with E-state index in [4.69, 9.17) is 10.8 Å². The van der Waals surface area contributed by atoms with E-state index < -0.39 is 0 Å². The fourth-order valence-electron chi connectivity index (χ4n) is 7.17. The van der Waals surface area contributed by atoms with E-state index in [9.17, 15) is 4.79 Å². The first-order chi connectivity index (χ1) is 15.5. The van der Waals surface area contributed by atoms with Crippen molar-refractivity contribution in [3.05, 3.63) is 50.8 Å². The average molecular weight is 444 g/mol. The van der Waals surface area contributed by atoms with Crippen LogP contribution in [0.4, 0.5) is 11.5 Å². The molecule has 6 nitrogen and oxygen atoms in total. The third-order valence-corrected chi connectivity index (χ3v) is 9.30. The van der Waals surface area contributed by atoms with Gasteiger partial charge in [-0.15, -0.1) is 0 Å². The lowest BCUT2D eigenvalue weighted by molar-refractivity contribution is -0.00564. The maximum Gasteiger partial charge on any atom is 0.283 e. The minimum Gasteiger partial charge on any atom is -0.383 e. The summed E-state index contributed by atoms with van der Waals surface area (Å²) in [5.74, 6) is 2.88. The van der Waals surface area contributed by atoms with Gasteiger partial charge >= 0.3 is 0 Å². The molecule has 7 heteroatoms. The van der Waals surface area contributed by atoms with Gasteiger partial charge in [0.15, 0.2) is 0 Å². The first kappa shape index (κ1) is 18.7. The highest BCUT2D eigenvalue weighted by Crippen LogP contribution is 2.61. The monoisotopic (exact) mass is 443 g/mol. The van der Waals surface area contributed by atoms with E-state index in [0.29, 0.717) is 16.3 Å². The van der Waals surface area contributed by atoms with Crippen LogP contribution >= 0.6 is 11.3 Å². The maximum absolute atomic E-state index is 13.0. The zero-order chi connectivity index (χ0) is 21.6. The van der Waals surface area contributed by atoms with Crippen molar-refractivity contribution < 1.29 is 0 Å². The Morgan fingerprint density at radius 3 is 2.53 bits per heavy atom. The highest BCUT2D eigenvalue weighted by molar-refractivity contribution is 7.16. The number of para-hydroxylation sites is 1. The number of nitrogens with zero attached hydrogens (tertiary/aromatic N) is 4. The summed E-state index contributed by atoms with van der Waals surface area (Å²) < 4.78 is 1.71. The molecule has 0 spiro atoms. The van der Waals surface area contributed by atoms with Gasteiger partial charge in [-0.2, -0.15) is 14.6 Å². The fourth-order valence-corrected chi connectivity index (χ4v) is 8.28. The van der Waals surface area contributed by atoms with Crippen LogP contribution in [-0.2, 0) is 5.41 Å². The molecule has 8 rings (SSSR count). The normalized spacial score (nSPS) is 31.5. The third kappa shape index (κ3) is 2.57. The molecule has 1 aliphatic heterocycles. The number of nitrogens with two attached hydrogens (primary N) is 1. The smallest absolute Gasteiger partial charge is 0.283 e. The van der Waals surface area contributed by atoms with E-state index in [2.05, 4.69) is 9.98 Å². The summed E-state index contributed by atoms with van der Waals surface area (Å²) in [5.41, 5.74) is 10.5. The Kier molecular flexibility index (Phi) is 3.73. The maximum atomic E-state index is 13.0. The number of benzene rings is 1. The van der Waals surface area contributed by atoms with Crippen molar-refractivity contribution in [1.82, 2.24) is 14.6 Å². The van der Waals surface area contributed by atoms with Gasteiger partial charge in [0.1, 0.15) is 10.8 Å². The number of aliphatic imine (C=N–C) groups is 1. The van der Waals surface area contributed by atoms with Crippen molar-refractivity contribution in [3.63, 3.8) is 0 Å². The number of rotatable bonds is 2. The minimum atomic E-state index is -0.298. The first-order valence-electron chi connectivity index (χ1n) is 11.6. The zero-order valence-corrected chi connectivity index (χ0v) is 18.9. The lowest BCUT2D eigenvalue weighted by atomic mass is 9.50. The van der Waals surface area contributed by atoms with Crippen molar-refractivity contribution in [2.24, 2.45) is 22.7 Å². The van der Waals surface area contributed by atoms with Gasteiger partial charge in [-0.1, -0.05) is 29.5 Å². The lowest BCUT2D eigenvalue weighted by Gasteiger charge is -2.55. The van der Waals surface area contributed by atoms with Crippen molar-refractivity contribution >= 4 is 45.2 Å². The van der Waals surface area contributed by atoms with E-state index in [0.717, 1.165) is 45.3 Å². The number of aromatic nitrogens is 3. The predicted octanol–water partition coefficient (Wildman–Crippen LogP) is 4.85. The number of allylic oxidation sites excluding steroid dienone is 1. The van der Waals surface area contributed by atoms with Gasteiger partial charge in [-0.3, -0.25) is 9.79 Å². The van der Waals surface area contributed by atoms with Crippen LogP contribution in [0.1, 0.15) is 61.6 Å². The highest BCUT2D eigenvalue weighted by atomic mass is 32.1. The second-order valence-electron chi connectivity index (χ2n) is 10.3. The Labute approximate surface area is 189 Å². The molecular formula is C25H25N5OS. The summed E-state index contributed by atoms with van der Waals surface area (Å²) in [6, 6.07) is 7.96. The van der Waals surface area contributed by atoms with Gasteiger partial charge in [0, 0.05) is 22.3 Å². The van der Waals surface area contributed by atoms with Crippen LogP contribution in [0.25, 0.3) is 16.6 Å². The minimum absolute atomic E-state index is 0.162.